The Labute approximate surface area is 196 Å². The second kappa shape index (κ2) is 7.75. The van der Waals surface area contributed by atoms with Crippen molar-refractivity contribution in [3.63, 3.8) is 0 Å². The Balaban J connectivity index is 1.50. The summed E-state index contributed by atoms with van der Waals surface area (Å²) in [7, 11) is 3.27. The van der Waals surface area contributed by atoms with E-state index in [1.807, 2.05) is 4.90 Å². The smallest absolute Gasteiger partial charge is 0.419 e. The number of fused-ring (bicyclic) bond motifs is 1. The number of hydrogen-bond acceptors (Lipinski definition) is 6. The molecule has 0 unspecified atom stereocenters. The van der Waals surface area contributed by atoms with Crippen molar-refractivity contribution in [1.82, 2.24) is 24.6 Å². The summed E-state index contributed by atoms with van der Waals surface area (Å²) in [5.41, 5.74) is -2.94. The normalized spacial score (nSPS) is 18.3. The lowest BCUT2D eigenvalue weighted by Crippen LogP contribution is -2.44. The summed E-state index contributed by atoms with van der Waals surface area (Å²) in [4.78, 5) is 25.0. The standard InChI is InChI=1S/C22H21F5N6O2/c1-31-6-3-21(19(31)35)4-7-33(8-5-21)20-28-10-12-16(30-32(2)18(12)29-20)11-9-13(22(25,26)27)15(24)17(34)14(11)23/h9-10,34H,3-8H2,1-2H3. The molecule has 0 saturated carbocycles. The van der Waals surface area contributed by atoms with E-state index in [0.717, 1.165) is 13.0 Å². The molecule has 0 aliphatic carbocycles. The second-order valence-electron chi connectivity index (χ2n) is 9.07. The van der Waals surface area contributed by atoms with E-state index in [1.54, 1.807) is 11.9 Å². The number of amides is 1. The van der Waals surface area contributed by atoms with Gasteiger partial charge in [0.15, 0.2) is 23.0 Å². The molecule has 1 amide bonds. The lowest BCUT2D eigenvalue weighted by atomic mass is 9.77. The average molecular weight is 496 g/mol. The van der Waals surface area contributed by atoms with Crippen molar-refractivity contribution >= 4 is 22.9 Å². The first-order valence-electron chi connectivity index (χ1n) is 10.9. The van der Waals surface area contributed by atoms with Crippen molar-refractivity contribution in [2.75, 3.05) is 31.6 Å². The van der Waals surface area contributed by atoms with E-state index < -0.39 is 34.7 Å². The molecule has 2 aliphatic heterocycles. The number of carbonyl (C=O) groups excluding carboxylic acids is 1. The zero-order valence-corrected chi connectivity index (χ0v) is 18.8. The largest absolute Gasteiger partial charge is 0.503 e. The Bertz CT molecular complexity index is 1350. The highest BCUT2D eigenvalue weighted by Gasteiger charge is 2.47. The fourth-order valence-electron chi connectivity index (χ4n) is 4.97. The zero-order chi connectivity index (χ0) is 25.3. The molecule has 13 heteroatoms. The van der Waals surface area contributed by atoms with E-state index in [0.29, 0.717) is 31.9 Å². The molecule has 0 bridgehead atoms. The van der Waals surface area contributed by atoms with Crippen molar-refractivity contribution in [3.05, 3.63) is 29.5 Å². The molecule has 0 radical (unpaired) electrons. The molecule has 1 N–H and O–H groups in total. The predicted octanol–water partition coefficient (Wildman–Crippen LogP) is 3.48. The molecular formula is C22H21F5N6O2. The van der Waals surface area contributed by atoms with Crippen LogP contribution in [0.5, 0.6) is 5.75 Å². The lowest BCUT2D eigenvalue weighted by molar-refractivity contribution is -0.140. The number of hydrogen-bond donors (Lipinski definition) is 1. The van der Waals surface area contributed by atoms with Gasteiger partial charge in [-0.1, -0.05) is 0 Å². The maximum atomic E-state index is 14.6. The van der Waals surface area contributed by atoms with Crippen LogP contribution in [0.2, 0.25) is 0 Å². The number of rotatable bonds is 2. The van der Waals surface area contributed by atoms with Gasteiger partial charge in [-0.2, -0.15) is 23.3 Å². The molecule has 35 heavy (non-hydrogen) atoms. The maximum Gasteiger partial charge on any atom is 0.419 e. The zero-order valence-electron chi connectivity index (χ0n) is 18.8. The Morgan fingerprint density at radius 1 is 1.06 bits per heavy atom. The van der Waals surface area contributed by atoms with Gasteiger partial charge < -0.3 is 14.9 Å². The van der Waals surface area contributed by atoms with E-state index >= 15 is 0 Å². The van der Waals surface area contributed by atoms with Crippen molar-refractivity contribution < 1.29 is 31.9 Å². The summed E-state index contributed by atoms with van der Waals surface area (Å²) < 4.78 is 69.5. The van der Waals surface area contributed by atoms with Crippen LogP contribution in [0.1, 0.15) is 24.8 Å². The van der Waals surface area contributed by atoms with Crippen molar-refractivity contribution in [3.8, 4) is 17.0 Å². The van der Waals surface area contributed by atoms with Crippen LogP contribution in [0.3, 0.4) is 0 Å². The van der Waals surface area contributed by atoms with Gasteiger partial charge in [0.2, 0.25) is 11.9 Å². The first kappa shape index (κ1) is 23.2. The highest BCUT2D eigenvalue weighted by Crippen LogP contribution is 2.43. The Morgan fingerprint density at radius 2 is 1.71 bits per heavy atom. The molecule has 8 nitrogen and oxygen atoms in total. The van der Waals surface area contributed by atoms with Gasteiger partial charge in [-0.3, -0.25) is 4.79 Å². The number of carbonyl (C=O) groups is 1. The molecule has 4 heterocycles. The quantitative estimate of drug-likeness (QED) is 0.547. The molecule has 2 saturated heterocycles. The number of phenols is 1. The summed E-state index contributed by atoms with van der Waals surface area (Å²) in [6.45, 7) is 1.82. The number of aromatic nitrogens is 4. The SMILES string of the molecule is CN1CCC2(CCN(c3ncc4c(-c5cc(C(F)(F)F)c(F)c(O)c5F)nn(C)c4n3)CC2)C1=O. The van der Waals surface area contributed by atoms with Crippen molar-refractivity contribution in [2.24, 2.45) is 12.5 Å². The van der Waals surface area contributed by atoms with E-state index in [9.17, 15) is 31.9 Å². The highest BCUT2D eigenvalue weighted by molar-refractivity contribution is 5.92. The molecule has 2 aromatic heterocycles. The Kier molecular flexibility index (Phi) is 5.15. The van der Waals surface area contributed by atoms with E-state index in [2.05, 4.69) is 15.1 Å². The van der Waals surface area contributed by atoms with E-state index in [-0.39, 0.29) is 34.1 Å². The van der Waals surface area contributed by atoms with Gasteiger partial charge in [0.05, 0.1) is 16.4 Å². The number of anilines is 1. The maximum absolute atomic E-state index is 14.6. The van der Waals surface area contributed by atoms with Crippen LogP contribution < -0.4 is 4.90 Å². The summed E-state index contributed by atoms with van der Waals surface area (Å²) in [6, 6.07) is 0.278. The molecule has 3 aromatic rings. The van der Waals surface area contributed by atoms with Gasteiger partial charge >= 0.3 is 6.18 Å². The number of benzene rings is 1. The monoisotopic (exact) mass is 496 g/mol. The first-order valence-corrected chi connectivity index (χ1v) is 10.9. The van der Waals surface area contributed by atoms with Gasteiger partial charge in [-0.25, -0.2) is 18.4 Å². The third-order valence-electron chi connectivity index (χ3n) is 7.04. The Hall–Kier alpha value is -3.51. The summed E-state index contributed by atoms with van der Waals surface area (Å²) in [6.07, 6.45) is -1.74. The van der Waals surface area contributed by atoms with Gasteiger partial charge in [0.1, 0.15) is 5.69 Å². The number of phenolic OH excluding ortho intramolecular Hbond substituents is 1. The third kappa shape index (κ3) is 3.55. The number of alkyl halides is 3. The number of aryl methyl sites for hydroxylation is 1. The van der Waals surface area contributed by atoms with Crippen LogP contribution in [0, 0.1) is 17.0 Å². The van der Waals surface area contributed by atoms with Crippen LogP contribution in [0.4, 0.5) is 27.9 Å². The number of likely N-dealkylation sites (tertiary alicyclic amines) is 1. The fourth-order valence-corrected chi connectivity index (χ4v) is 4.97. The van der Waals surface area contributed by atoms with Crippen LogP contribution in [-0.4, -0.2) is 62.3 Å². The lowest BCUT2D eigenvalue weighted by Gasteiger charge is -2.37. The van der Waals surface area contributed by atoms with Crippen LogP contribution >= 0.6 is 0 Å². The molecule has 186 valence electrons. The van der Waals surface area contributed by atoms with Gasteiger partial charge in [0, 0.05) is 45.5 Å². The van der Waals surface area contributed by atoms with E-state index in [4.69, 9.17) is 0 Å². The molecule has 1 aromatic carbocycles. The number of aromatic hydroxyl groups is 1. The van der Waals surface area contributed by atoms with Gasteiger partial charge in [0.25, 0.3) is 0 Å². The van der Waals surface area contributed by atoms with Crippen molar-refractivity contribution in [1.29, 1.82) is 0 Å². The predicted molar refractivity (Wildman–Crippen MR) is 114 cm³/mol. The minimum atomic E-state index is -5.15. The Morgan fingerprint density at radius 3 is 2.31 bits per heavy atom. The average Bonchev–Trinajstić information content (AvgIpc) is 3.29. The molecule has 2 fully saturated rings. The minimum absolute atomic E-state index is 0.135. The highest BCUT2D eigenvalue weighted by atomic mass is 19.4. The van der Waals surface area contributed by atoms with E-state index in [1.165, 1.54) is 17.9 Å². The number of halogens is 5. The molecule has 5 rings (SSSR count). The number of nitrogens with zero attached hydrogens (tertiary/aromatic N) is 6. The summed E-state index contributed by atoms with van der Waals surface area (Å²) in [5.74, 6) is -4.90. The minimum Gasteiger partial charge on any atom is -0.503 e. The van der Waals surface area contributed by atoms with Crippen LogP contribution in [0.25, 0.3) is 22.3 Å². The molecular weight excluding hydrogens is 475 g/mol. The van der Waals surface area contributed by atoms with Crippen LogP contribution in [0.15, 0.2) is 12.3 Å². The van der Waals surface area contributed by atoms with Gasteiger partial charge in [-0.05, 0) is 25.3 Å². The molecule has 1 spiro atoms. The third-order valence-corrected chi connectivity index (χ3v) is 7.04. The topological polar surface area (TPSA) is 87.4 Å². The molecule has 0 atom stereocenters. The molecule has 2 aliphatic rings. The van der Waals surface area contributed by atoms with Crippen LogP contribution in [-0.2, 0) is 18.0 Å². The summed E-state index contributed by atoms with van der Waals surface area (Å²) >= 11 is 0. The fraction of sp³-hybridized carbons (Fsp3) is 0.455. The first-order chi connectivity index (χ1) is 16.4. The van der Waals surface area contributed by atoms with Crippen molar-refractivity contribution in [2.45, 2.75) is 25.4 Å². The number of piperidine rings is 1. The summed E-state index contributed by atoms with van der Waals surface area (Å²) in [5, 5.41) is 13.9. The second-order valence-corrected chi connectivity index (χ2v) is 9.07. The van der Waals surface area contributed by atoms with Gasteiger partial charge in [-0.15, -0.1) is 0 Å².